The van der Waals surface area contributed by atoms with Gasteiger partial charge in [-0.25, -0.2) is 5.43 Å². The Hall–Kier alpha value is -2.76. The van der Waals surface area contributed by atoms with Crippen LogP contribution in [0.4, 0.5) is 0 Å². The molecule has 6 nitrogen and oxygen atoms in total. The average molecular weight is 356 g/mol. The second-order valence-corrected chi connectivity index (χ2v) is 6.46. The van der Waals surface area contributed by atoms with Crippen LogP contribution in [0.1, 0.15) is 44.6 Å². The van der Waals surface area contributed by atoms with Crippen molar-refractivity contribution in [2.24, 2.45) is 11.0 Å². The Balaban J connectivity index is 1.47. The van der Waals surface area contributed by atoms with Crippen LogP contribution in [-0.4, -0.2) is 24.8 Å². The van der Waals surface area contributed by atoms with Gasteiger partial charge in [0.2, 0.25) is 0 Å². The fourth-order valence-corrected chi connectivity index (χ4v) is 2.64. The molecule has 0 aliphatic heterocycles. The minimum Gasteiger partial charge on any atom is -0.494 e. The van der Waals surface area contributed by atoms with Gasteiger partial charge in [-0.15, -0.1) is 0 Å². The smallest absolute Gasteiger partial charge is 0.280 e. The molecule has 0 radical (unpaired) electrons. The molecule has 0 saturated heterocycles. The van der Waals surface area contributed by atoms with Crippen molar-refractivity contribution in [3.63, 3.8) is 0 Å². The number of furan rings is 1. The second-order valence-electron chi connectivity index (χ2n) is 6.46. The van der Waals surface area contributed by atoms with Gasteiger partial charge in [0.05, 0.1) is 12.8 Å². The lowest BCUT2D eigenvalue weighted by Crippen LogP contribution is -2.33. The van der Waals surface area contributed by atoms with Gasteiger partial charge in [0, 0.05) is 5.92 Å². The van der Waals surface area contributed by atoms with Gasteiger partial charge in [0.25, 0.3) is 5.91 Å². The number of rotatable bonds is 8. The third-order valence-corrected chi connectivity index (χ3v) is 4.31. The van der Waals surface area contributed by atoms with Crippen LogP contribution in [0.3, 0.4) is 0 Å². The van der Waals surface area contributed by atoms with Crippen LogP contribution >= 0.6 is 0 Å². The maximum atomic E-state index is 12.1. The molecule has 3 rings (SSSR count). The van der Waals surface area contributed by atoms with Crippen LogP contribution in [0.25, 0.3) is 0 Å². The predicted molar refractivity (Wildman–Crippen MR) is 98.7 cm³/mol. The highest BCUT2D eigenvalue weighted by Crippen LogP contribution is 2.47. The summed E-state index contributed by atoms with van der Waals surface area (Å²) >= 11 is 0. The van der Waals surface area contributed by atoms with Crippen molar-refractivity contribution in [1.29, 1.82) is 0 Å². The molecule has 1 N–H and O–H groups in total. The molecule has 138 valence electrons. The van der Waals surface area contributed by atoms with Crippen LogP contribution in [-0.2, 0) is 4.79 Å². The summed E-state index contributed by atoms with van der Waals surface area (Å²) in [5.41, 5.74) is 2.47. The third-order valence-electron chi connectivity index (χ3n) is 4.31. The lowest BCUT2D eigenvalue weighted by molar-refractivity contribution is -0.127. The van der Waals surface area contributed by atoms with E-state index in [1.165, 1.54) is 12.6 Å². The first-order valence-corrected chi connectivity index (χ1v) is 8.89. The fourth-order valence-electron chi connectivity index (χ4n) is 2.64. The van der Waals surface area contributed by atoms with Gasteiger partial charge >= 0.3 is 0 Å². The molecule has 3 atom stereocenters. The van der Waals surface area contributed by atoms with Gasteiger partial charge < -0.3 is 13.9 Å². The molecule has 2 aromatic rings. The quantitative estimate of drug-likeness (QED) is 0.578. The average Bonchev–Trinajstić information content (AvgIpc) is 3.17. The minimum absolute atomic E-state index is 0.335. The lowest BCUT2D eigenvalue weighted by Gasteiger charge is -2.13. The molecule has 1 aromatic carbocycles. The minimum atomic E-state index is -0.676. The van der Waals surface area contributed by atoms with Crippen molar-refractivity contribution in [2.75, 3.05) is 6.61 Å². The van der Waals surface area contributed by atoms with Crippen molar-refractivity contribution in [3.05, 3.63) is 47.9 Å². The molecule has 1 saturated carbocycles. The van der Waals surface area contributed by atoms with E-state index in [-0.39, 0.29) is 5.91 Å². The molecule has 1 aliphatic carbocycles. The van der Waals surface area contributed by atoms with Gasteiger partial charge in [-0.05, 0) is 62.6 Å². The van der Waals surface area contributed by atoms with E-state index in [1.807, 2.05) is 19.1 Å². The van der Waals surface area contributed by atoms with E-state index < -0.39 is 6.10 Å². The summed E-state index contributed by atoms with van der Waals surface area (Å²) in [4.78, 5) is 12.1. The number of nitrogens with one attached hydrogen (secondary N) is 1. The molecule has 0 unspecified atom stereocenters. The number of hydrogen-bond acceptors (Lipinski definition) is 5. The van der Waals surface area contributed by atoms with E-state index in [9.17, 15) is 4.79 Å². The second kappa shape index (κ2) is 8.08. The van der Waals surface area contributed by atoms with Crippen molar-refractivity contribution >= 4 is 12.1 Å². The van der Waals surface area contributed by atoms with E-state index in [0.717, 1.165) is 11.5 Å². The van der Waals surface area contributed by atoms with E-state index in [0.29, 0.717) is 30.0 Å². The molecule has 0 spiro atoms. The molecule has 1 aromatic heterocycles. The summed E-state index contributed by atoms with van der Waals surface area (Å²) in [5.74, 6) is 3.84. The van der Waals surface area contributed by atoms with E-state index >= 15 is 0 Å². The zero-order valence-corrected chi connectivity index (χ0v) is 15.3. The number of hydrazone groups is 1. The molecular weight excluding hydrogens is 332 g/mol. The number of carbonyl (C=O) groups excluding carboxylic acids is 1. The first kappa shape index (κ1) is 18.0. The largest absolute Gasteiger partial charge is 0.494 e. The highest BCUT2D eigenvalue weighted by Gasteiger charge is 2.36. The molecule has 6 heteroatoms. The standard InChI is InChI=1S/C20H24N2O4/c1-4-24-15-5-7-16(8-6-15)25-14(3)20(23)22-21-12-17-9-10-19(26-17)18-11-13(18)2/h5-10,12-14,18H,4,11H2,1-3H3,(H,22,23)/b21-12-/t13-,14-,18-/m0/s1. The Labute approximate surface area is 153 Å². The Morgan fingerprint density at radius 2 is 2.00 bits per heavy atom. The van der Waals surface area contributed by atoms with Crippen LogP contribution in [0, 0.1) is 5.92 Å². The lowest BCUT2D eigenvalue weighted by atomic mass is 10.3. The fraction of sp³-hybridized carbons (Fsp3) is 0.400. The summed E-state index contributed by atoms with van der Waals surface area (Å²) < 4.78 is 16.7. The summed E-state index contributed by atoms with van der Waals surface area (Å²) in [7, 11) is 0. The summed E-state index contributed by atoms with van der Waals surface area (Å²) in [6.07, 6.45) is 1.99. The van der Waals surface area contributed by atoms with E-state index in [1.54, 1.807) is 31.2 Å². The Bertz CT molecular complexity index is 766. The SMILES string of the molecule is CCOc1ccc(O[C@@H](C)C(=O)N/N=C\c2ccc([C@H]3C[C@@H]3C)o2)cc1. The number of carbonyl (C=O) groups is 1. The van der Waals surface area contributed by atoms with Crippen LogP contribution in [0.15, 0.2) is 45.9 Å². The summed E-state index contributed by atoms with van der Waals surface area (Å²) in [6, 6.07) is 11.0. The molecule has 1 amide bonds. The zero-order valence-electron chi connectivity index (χ0n) is 15.3. The van der Waals surface area contributed by atoms with Crippen molar-refractivity contribution in [2.45, 2.75) is 39.2 Å². The number of amides is 1. The normalized spacial score (nSPS) is 20.0. The van der Waals surface area contributed by atoms with Crippen LogP contribution < -0.4 is 14.9 Å². The zero-order chi connectivity index (χ0) is 18.5. The van der Waals surface area contributed by atoms with Crippen LogP contribution in [0.5, 0.6) is 11.5 Å². The van der Waals surface area contributed by atoms with Crippen molar-refractivity contribution in [1.82, 2.24) is 5.43 Å². The van der Waals surface area contributed by atoms with Gasteiger partial charge in [-0.2, -0.15) is 5.10 Å². The van der Waals surface area contributed by atoms with Crippen molar-refractivity contribution in [3.8, 4) is 11.5 Å². The summed E-state index contributed by atoms with van der Waals surface area (Å²) in [5, 5.41) is 3.94. The maximum absolute atomic E-state index is 12.1. The summed E-state index contributed by atoms with van der Waals surface area (Å²) in [6.45, 7) is 6.40. The monoisotopic (exact) mass is 356 g/mol. The Morgan fingerprint density at radius 3 is 2.65 bits per heavy atom. The topological polar surface area (TPSA) is 73.1 Å². The first-order chi connectivity index (χ1) is 12.6. The van der Waals surface area contributed by atoms with E-state index in [2.05, 4.69) is 17.5 Å². The predicted octanol–water partition coefficient (Wildman–Crippen LogP) is 3.72. The molecule has 1 aliphatic rings. The number of benzene rings is 1. The van der Waals surface area contributed by atoms with Gasteiger partial charge in [0.1, 0.15) is 23.0 Å². The highest BCUT2D eigenvalue weighted by molar-refractivity contribution is 5.83. The van der Waals surface area contributed by atoms with Gasteiger partial charge in [-0.1, -0.05) is 6.92 Å². The van der Waals surface area contributed by atoms with Gasteiger partial charge in [-0.3, -0.25) is 4.79 Å². The van der Waals surface area contributed by atoms with Crippen LogP contribution in [0.2, 0.25) is 0 Å². The molecule has 1 fully saturated rings. The van der Waals surface area contributed by atoms with Crippen molar-refractivity contribution < 1.29 is 18.7 Å². The number of ether oxygens (including phenoxy) is 2. The Morgan fingerprint density at radius 1 is 1.31 bits per heavy atom. The molecule has 1 heterocycles. The number of hydrogen-bond donors (Lipinski definition) is 1. The van der Waals surface area contributed by atoms with Gasteiger partial charge in [0.15, 0.2) is 6.10 Å². The number of nitrogens with zero attached hydrogens (tertiary/aromatic N) is 1. The third kappa shape index (κ3) is 4.65. The first-order valence-electron chi connectivity index (χ1n) is 8.89. The molecule has 0 bridgehead atoms. The molecular formula is C20H24N2O4. The Kier molecular flexibility index (Phi) is 5.61. The maximum Gasteiger partial charge on any atom is 0.280 e. The molecule has 26 heavy (non-hydrogen) atoms. The van der Waals surface area contributed by atoms with E-state index in [4.69, 9.17) is 13.9 Å². The highest BCUT2D eigenvalue weighted by atomic mass is 16.5.